The number of hydrogen-bond acceptors (Lipinski definition) is 3. The van der Waals surface area contributed by atoms with Crippen molar-refractivity contribution >= 4 is 17.4 Å². The van der Waals surface area contributed by atoms with Crippen LogP contribution < -0.4 is 10.6 Å². The number of amides is 1. The Labute approximate surface area is 106 Å². The number of rotatable bonds is 2. The summed E-state index contributed by atoms with van der Waals surface area (Å²) < 4.78 is 0. The van der Waals surface area contributed by atoms with Gasteiger partial charge in [0.15, 0.2) is 5.78 Å². The van der Waals surface area contributed by atoms with E-state index >= 15 is 0 Å². The fourth-order valence-electron chi connectivity index (χ4n) is 2.70. The first kappa shape index (κ1) is 11.4. The van der Waals surface area contributed by atoms with E-state index in [1.54, 1.807) is 0 Å². The summed E-state index contributed by atoms with van der Waals surface area (Å²) in [5, 5.41) is 6.04. The molecule has 3 rings (SSSR count). The number of benzene rings is 1. The minimum atomic E-state index is 0.0106. The molecule has 0 aliphatic carbocycles. The minimum Gasteiger partial charge on any atom is -0.326 e. The van der Waals surface area contributed by atoms with Crippen molar-refractivity contribution in [1.82, 2.24) is 5.32 Å². The number of nitrogens with one attached hydrogen (secondary N) is 2. The summed E-state index contributed by atoms with van der Waals surface area (Å²) in [4.78, 5) is 23.6. The van der Waals surface area contributed by atoms with Gasteiger partial charge in [-0.25, -0.2) is 0 Å². The van der Waals surface area contributed by atoms with Gasteiger partial charge in [0, 0.05) is 17.2 Å². The molecule has 2 aliphatic heterocycles. The van der Waals surface area contributed by atoms with Gasteiger partial charge in [0.2, 0.25) is 5.91 Å². The number of carbonyl (C=O) groups is 2. The molecule has 2 aliphatic rings. The Balaban J connectivity index is 1.82. The summed E-state index contributed by atoms with van der Waals surface area (Å²) in [6.07, 6.45) is 2.21. The smallest absolute Gasteiger partial charge is 0.228 e. The largest absolute Gasteiger partial charge is 0.326 e. The second-order valence-electron chi connectivity index (χ2n) is 4.99. The van der Waals surface area contributed by atoms with Crippen molar-refractivity contribution < 1.29 is 9.59 Å². The Morgan fingerprint density at radius 3 is 2.78 bits per heavy atom. The highest BCUT2D eigenvalue weighted by atomic mass is 16.1. The lowest BCUT2D eigenvalue weighted by molar-refractivity contribution is -0.115. The van der Waals surface area contributed by atoms with Crippen LogP contribution in [0.15, 0.2) is 18.2 Å². The van der Waals surface area contributed by atoms with Crippen LogP contribution in [-0.2, 0) is 11.2 Å². The molecule has 0 spiro atoms. The molecule has 1 fully saturated rings. The fraction of sp³-hybridized carbons (Fsp3) is 0.429. The Morgan fingerprint density at radius 1 is 1.22 bits per heavy atom. The lowest BCUT2D eigenvalue weighted by Crippen LogP contribution is -2.31. The maximum atomic E-state index is 12.3. The molecule has 1 aromatic carbocycles. The molecule has 2 N–H and O–H groups in total. The molecule has 4 nitrogen and oxygen atoms in total. The van der Waals surface area contributed by atoms with Gasteiger partial charge >= 0.3 is 0 Å². The average molecular weight is 244 g/mol. The van der Waals surface area contributed by atoms with Gasteiger partial charge in [-0.1, -0.05) is 0 Å². The number of hydrogen-bond donors (Lipinski definition) is 2. The third-order valence-electron chi connectivity index (χ3n) is 3.72. The molecule has 2 heterocycles. The zero-order chi connectivity index (χ0) is 12.5. The molecule has 1 amide bonds. The number of Topliss-reactive ketones (excluding diaryl/α,β-unsaturated/α-hetero) is 1. The Hall–Kier alpha value is -1.68. The molecule has 4 heteroatoms. The third-order valence-corrected chi connectivity index (χ3v) is 3.72. The van der Waals surface area contributed by atoms with Gasteiger partial charge in [-0.2, -0.15) is 0 Å². The first-order valence-corrected chi connectivity index (χ1v) is 6.42. The van der Waals surface area contributed by atoms with E-state index in [1.165, 1.54) is 0 Å². The van der Waals surface area contributed by atoms with E-state index in [4.69, 9.17) is 0 Å². The molecule has 94 valence electrons. The highest BCUT2D eigenvalue weighted by molar-refractivity contribution is 6.02. The maximum absolute atomic E-state index is 12.3. The number of ketones is 1. The lowest BCUT2D eigenvalue weighted by Gasteiger charge is -2.21. The summed E-state index contributed by atoms with van der Waals surface area (Å²) in [6, 6.07) is 5.54. The van der Waals surface area contributed by atoms with Gasteiger partial charge < -0.3 is 10.6 Å². The first-order valence-electron chi connectivity index (χ1n) is 6.42. The van der Waals surface area contributed by atoms with Crippen molar-refractivity contribution in [1.29, 1.82) is 0 Å². The molecule has 0 atom stereocenters. The standard InChI is InChI=1S/C14H16N2O2/c17-13-8-11-7-10(1-2-12(11)16-13)14(18)9-3-5-15-6-4-9/h1-2,7,9,15H,3-6,8H2,(H,16,17). The lowest BCUT2D eigenvalue weighted by atomic mass is 9.89. The van der Waals surface area contributed by atoms with E-state index in [9.17, 15) is 9.59 Å². The van der Waals surface area contributed by atoms with Gasteiger partial charge in [0.1, 0.15) is 0 Å². The summed E-state index contributed by atoms with van der Waals surface area (Å²) in [7, 11) is 0. The topological polar surface area (TPSA) is 58.2 Å². The molecular weight excluding hydrogens is 228 g/mol. The fourth-order valence-corrected chi connectivity index (χ4v) is 2.70. The SMILES string of the molecule is O=C1Cc2cc(C(=O)C3CCNCC3)ccc2N1. The minimum absolute atomic E-state index is 0.0106. The van der Waals surface area contributed by atoms with E-state index in [1.807, 2.05) is 18.2 Å². The van der Waals surface area contributed by atoms with Crippen molar-refractivity contribution in [2.45, 2.75) is 19.3 Å². The van der Waals surface area contributed by atoms with Gasteiger partial charge in [-0.3, -0.25) is 9.59 Å². The third kappa shape index (κ3) is 2.04. The quantitative estimate of drug-likeness (QED) is 0.772. The summed E-state index contributed by atoms with van der Waals surface area (Å²) >= 11 is 0. The molecule has 0 aromatic heterocycles. The van der Waals surface area contributed by atoms with E-state index < -0.39 is 0 Å². The highest BCUT2D eigenvalue weighted by Gasteiger charge is 2.24. The van der Waals surface area contributed by atoms with Crippen molar-refractivity contribution in [3.8, 4) is 0 Å². The van der Waals surface area contributed by atoms with Crippen LogP contribution in [0.3, 0.4) is 0 Å². The number of piperidine rings is 1. The van der Waals surface area contributed by atoms with Crippen LogP contribution in [0.5, 0.6) is 0 Å². The Bertz CT molecular complexity index is 505. The number of carbonyl (C=O) groups excluding carboxylic acids is 2. The van der Waals surface area contributed by atoms with E-state index in [-0.39, 0.29) is 17.6 Å². The van der Waals surface area contributed by atoms with Crippen molar-refractivity contribution in [2.24, 2.45) is 5.92 Å². The second kappa shape index (κ2) is 4.53. The normalized spacial score (nSPS) is 19.4. The van der Waals surface area contributed by atoms with E-state index in [2.05, 4.69) is 10.6 Å². The summed E-state index contributed by atoms with van der Waals surface area (Å²) in [6.45, 7) is 1.84. The van der Waals surface area contributed by atoms with Crippen molar-refractivity contribution in [3.63, 3.8) is 0 Å². The van der Waals surface area contributed by atoms with Crippen LogP contribution in [0.1, 0.15) is 28.8 Å². The number of fused-ring (bicyclic) bond motifs is 1. The van der Waals surface area contributed by atoms with Crippen LogP contribution in [0.4, 0.5) is 5.69 Å². The monoisotopic (exact) mass is 244 g/mol. The summed E-state index contributed by atoms with van der Waals surface area (Å²) in [5.74, 6) is 0.365. The van der Waals surface area contributed by atoms with Crippen LogP contribution >= 0.6 is 0 Å². The van der Waals surface area contributed by atoms with Crippen LogP contribution in [0, 0.1) is 5.92 Å². The van der Waals surface area contributed by atoms with Gasteiger partial charge in [-0.05, 0) is 49.7 Å². The first-order chi connectivity index (χ1) is 8.74. The van der Waals surface area contributed by atoms with Gasteiger partial charge in [-0.15, -0.1) is 0 Å². The van der Waals surface area contributed by atoms with Crippen LogP contribution in [0.25, 0.3) is 0 Å². The molecular formula is C14H16N2O2. The van der Waals surface area contributed by atoms with Crippen molar-refractivity contribution in [2.75, 3.05) is 18.4 Å². The molecule has 0 saturated carbocycles. The maximum Gasteiger partial charge on any atom is 0.228 e. The Kier molecular flexibility index (Phi) is 2.88. The van der Waals surface area contributed by atoms with Crippen molar-refractivity contribution in [3.05, 3.63) is 29.3 Å². The van der Waals surface area contributed by atoms with Crippen LogP contribution in [-0.4, -0.2) is 24.8 Å². The summed E-state index contributed by atoms with van der Waals surface area (Å²) in [5.41, 5.74) is 2.54. The average Bonchev–Trinajstić information content (AvgIpc) is 2.78. The molecule has 18 heavy (non-hydrogen) atoms. The highest BCUT2D eigenvalue weighted by Crippen LogP contribution is 2.26. The van der Waals surface area contributed by atoms with Gasteiger partial charge in [0.05, 0.1) is 6.42 Å². The molecule has 0 bridgehead atoms. The zero-order valence-electron chi connectivity index (χ0n) is 10.2. The Morgan fingerprint density at radius 2 is 2.00 bits per heavy atom. The number of anilines is 1. The van der Waals surface area contributed by atoms with E-state index in [0.29, 0.717) is 6.42 Å². The van der Waals surface area contributed by atoms with Gasteiger partial charge in [0.25, 0.3) is 0 Å². The zero-order valence-corrected chi connectivity index (χ0v) is 10.2. The molecule has 1 aromatic rings. The second-order valence-corrected chi connectivity index (χ2v) is 4.99. The molecule has 0 unspecified atom stereocenters. The predicted octanol–water partition coefficient (Wildman–Crippen LogP) is 1.36. The molecule has 1 saturated heterocycles. The van der Waals surface area contributed by atoms with Crippen LogP contribution in [0.2, 0.25) is 0 Å². The van der Waals surface area contributed by atoms with E-state index in [0.717, 1.165) is 42.7 Å². The molecule has 0 radical (unpaired) electrons. The predicted molar refractivity (Wildman–Crippen MR) is 68.7 cm³/mol.